The molecule has 0 aromatic heterocycles. The molecule has 0 radical (unpaired) electrons. The molecule has 0 heterocycles. The molecule has 1 aromatic rings. The number of alkyl carbamates (subject to hydrolysis) is 1. The second kappa shape index (κ2) is 12.0. The molecule has 1 aromatic carbocycles. The topological polar surface area (TPSA) is 131 Å². The first-order valence-corrected chi connectivity index (χ1v) is 10.8. The van der Waals surface area contributed by atoms with Gasteiger partial charge in [-0.1, -0.05) is 30.3 Å². The first kappa shape index (κ1) is 27.7. The lowest BCUT2D eigenvalue weighted by Crippen LogP contribution is -2.54. The lowest BCUT2D eigenvalue weighted by molar-refractivity contribution is -0.142. The number of carbonyl (C=O) groups excluding carboxylic acids is 4. The summed E-state index contributed by atoms with van der Waals surface area (Å²) in [5.41, 5.74) is 5.94. The van der Waals surface area contributed by atoms with Gasteiger partial charge in [-0.15, -0.1) is 6.58 Å². The molecular formula is C24H36N4O5. The van der Waals surface area contributed by atoms with E-state index < -0.39 is 47.9 Å². The number of primary amides is 1. The Balaban J connectivity index is 3.45. The van der Waals surface area contributed by atoms with Crippen molar-refractivity contribution in [1.29, 1.82) is 0 Å². The fraction of sp³-hybridized carbons (Fsp3) is 0.500. The van der Waals surface area contributed by atoms with E-state index in [1.54, 1.807) is 32.9 Å². The Hall–Kier alpha value is -3.36. The molecule has 0 saturated heterocycles. The van der Waals surface area contributed by atoms with Crippen LogP contribution in [-0.2, 0) is 19.1 Å². The monoisotopic (exact) mass is 460 g/mol. The molecule has 0 saturated carbocycles. The van der Waals surface area contributed by atoms with Crippen molar-refractivity contribution in [3.63, 3.8) is 0 Å². The van der Waals surface area contributed by atoms with Crippen LogP contribution in [0.1, 0.15) is 58.2 Å². The highest BCUT2D eigenvalue weighted by Crippen LogP contribution is 2.26. The Kier molecular flexibility index (Phi) is 10.1. The van der Waals surface area contributed by atoms with Gasteiger partial charge in [-0.2, -0.15) is 0 Å². The van der Waals surface area contributed by atoms with Crippen molar-refractivity contribution in [2.45, 2.75) is 71.7 Å². The first-order chi connectivity index (χ1) is 15.3. The van der Waals surface area contributed by atoms with Gasteiger partial charge in [0.05, 0.1) is 6.42 Å². The van der Waals surface area contributed by atoms with Crippen LogP contribution in [0.2, 0.25) is 0 Å². The molecule has 182 valence electrons. The zero-order valence-electron chi connectivity index (χ0n) is 20.3. The third-order valence-electron chi connectivity index (χ3n) is 4.48. The predicted molar refractivity (Wildman–Crippen MR) is 126 cm³/mol. The molecule has 0 spiro atoms. The average Bonchev–Trinajstić information content (AvgIpc) is 2.65. The highest BCUT2D eigenvalue weighted by Gasteiger charge is 2.37. The van der Waals surface area contributed by atoms with Crippen LogP contribution in [0, 0.1) is 6.92 Å². The number of hydrogen-bond donors (Lipinski definition) is 3. The van der Waals surface area contributed by atoms with Gasteiger partial charge in [-0.3, -0.25) is 14.4 Å². The summed E-state index contributed by atoms with van der Waals surface area (Å²) < 4.78 is 5.23. The summed E-state index contributed by atoms with van der Waals surface area (Å²) in [6.07, 6.45) is 0.137. The van der Waals surface area contributed by atoms with E-state index in [9.17, 15) is 19.2 Å². The highest BCUT2D eigenvalue weighted by molar-refractivity contribution is 5.94. The SMILES string of the molecule is C=CCN(C(=O)C(CC(N)=O)NC(=O)OC(C)(C)C)C(C(=O)NC(C)C)c1ccccc1C. The molecule has 9 nitrogen and oxygen atoms in total. The Morgan fingerprint density at radius 3 is 2.24 bits per heavy atom. The second-order valence-electron chi connectivity index (χ2n) is 9.07. The summed E-state index contributed by atoms with van der Waals surface area (Å²) in [7, 11) is 0. The summed E-state index contributed by atoms with van der Waals surface area (Å²) in [5.74, 6) is -1.85. The lowest BCUT2D eigenvalue weighted by atomic mass is 9.97. The van der Waals surface area contributed by atoms with Gasteiger partial charge in [-0.25, -0.2) is 4.79 Å². The summed E-state index contributed by atoms with van der Waals surface area (Å²) in [5, 5.41) is 5.27. The molecule has 0 aliphatic carbocycles. The smallest absolute Gasteiger partial charge is 0.408 e. The molecule has 33 heavy (non-hydrogen) atoms. The van der Waals surface area contributed by atoms with E-state index in [0.29, 0.717) is 5.56 Å². The molecule has 0 aliphatic rings. The maximum Gasteiger partial charge on any atom is 0.408 e. The number of benzene rings is 1. The van der Waals surface area contributed by atoms with E-state index in [2.05, 4.69) is 17.2 Å². The lowest BCUT2D eigenvalue weighted by Gasteiger charge is -2.34. The number of nitrogens with one attached hydrogen (secondary N) is 2. The molecule has 0 aliphatic heterocycles. The number of nitrogens with zero attached hydrogens (tertiary/aromatic N) is 1. The van der Waals surface area contributed by atoms with E-state index in [-0.39, 0.29) is 12.6 Å². The summed E-state index contributed by atoms with van der Waals surface area (Å²) in [6, 6.07) is 4.68. The van der Waals surface area contributed by atoms with E-state index in [0.717, 1.165) is 5.56 Å². The second-order valence-corrected chi connectivity index (χ2v) is 9.07. The average molecular weight is 461 g/mol. The van der Waals surface area contributed by atoms with Crippen LogP contribution in [0.25, 0.3) is 0 Å². The number of amides is 4. The van der Waals surface area contributed by atoms with Gasteiger partial charge in [0.25, 0.3) is 0 Å². The summed E-state index contributed by atoms with van der Waals surface area (Å²) in [6.45, 7) is 14.2. The molecule has 4 N–H and O–H groups in total. The minimum atomic E-state index is -1.32. The van der Waals surface area contributed by atoms with Gasteiger partial charge in [0, 0.05) is 12.6 Å². The van der Waals surface area contributed by atoms with E-state index in [4.69, 9.17) is 10.5 Å². The third-order valence-corrected chi connectivity index (χ3v) is 4.48. The normalized spacial score (nSPS) is 12.9. The van der Waals surface area contributed by atoms with Gasteiger partial charge in [0.2, 0.25) is 17.7 Å². The van der Waals surface area contributed by atoms with Gasteiger partial charge in [0.1, 0.15) is 17.7 Å². The van der Waals surface area contributed by atoms with Gasteiger partial charge in [-0.05, 0) is 52.7 Å². The molecule has 2 unspecified atom stereocenters. The van der Waals surface area contributed by atoms with Crippen LogP contribution in [0.3, 0.4) is 0 Å². The van der Waals surface area contributed by atoms with Crippen LogP contribution < -0.4 is 16.4 Å². The van der Waals surface area contributed by atoms with E-state index in [1.807, 2.05) is 32.9 Å². The minimum absolute atomic E-state index is 0.00535. The van der Waals surface area contributed by atoms with Crippen LogP contribution in [0.15, 0.2) is 36.9 Å². The third kappa shape index (κ3) is 8.96. The Morgan fingerprint density at radius 2 is 1.76 bits per heavy atom. The predicted octanol–water partition coefficient (Wildman–Crippen LogP) is 2.34. The number of aryl methyl sites for hydroxylation is 1. The number of carbonyl (C=O) groups is 4. The number of rotatable bonds is 10. The fourth-order valence-corrected chi connectivity index (χ4v) is 3.22. The molecule has 0 fully saturated rings. The van der Waals surface area contributed by atoms with Crippen LogP contribution in [0.4, 0.5) is 4.79 Å². The largest absolute Gasteiger partial charge is 0.444 e. The molecule has 0 bridgehead atoms. The number of ether oxygens (including phenoxy) is 1. The Bertz CT molecular complexity index is 876. The van der Waals surface area contributed by atoms with Crippen molar-refractivity contribution in [2.24, 2.45) is 5.73 Å². The van der Waals surface area contributed by atoms with Crippen molar-refractivity contribution in [2.75, 3.05) is 6.54 Å². The summed E-state index contributed by atoms with van der Waals surface area (Å²) in [4.78, 5) is 52.2. The summed E-state index contributed by atoms with van der Waals surface area (Å²) >= 11 is 0. The van der Waals surface area contributed by atoms with Crippen molar-refractivity contribution in [3.8, 4) is 0 Å². The van der Waals surface area contributed by atoms with E-state index >= 15 is 0 Å². The first-order valence-electron chi connectivity index (χ1n) is 10.8. The molecule has 4 amide bonds. The van der Waals surface area contributed by atoms with Crippen molar-refractivity contribution >= 4 is 23.8 Å². The van der Waals surface area contributed by atoms with E-state index in [1.165, 1.54) is 11.0 Å². The standard InChI is InChI=1S/C24H36N4O5/c1-8-13-28(20(21(30)26-15(2)3)17-12-10-9-11-16(17)4)22(31)18(14-19(25)29)27-23(32)33-24(5,6)7/h8-12,15,18,20H,1,13-14H2,2-7H3,(H2,25,29)(H,26,30)(H,27,32). The zero-order chi connectivity index (χ0) is 25.3. The fourth-order valence-electron chi connectivity index (χ4n) is 3.22. The van der Waals surface area contributed by atoms with Gasteiger partial charge in [0.15, 0.2) is 0 Å². The van der Waals surface area contributed by atoms with Gasteiger partial charge >= 0.3 is 6.09 Å². The quantitative estimate of drug-likeness (QED) is 0.461. The number of nitrogens with two attached hydrogens (primary N) is 1. The van der Waals surface area contributed by atoms with Crippen molar-refractivity contribution in [1.82, 2.24) is 15.5 Å². The molecule has 2 atom stereocenters. The number of hydrogen-bond acceptors (Lipinski definition) is 5. The Labute approximate surface area is 195 Å². The van der Waals surface area contributed by atoms with Gasteiger partial charge < -0.3 is 26.0 Å². The maximum atomic E-state index is 13.6. The minimum Gasteiger partial charge on any atom is -0.444 e. The van der Waals surface area contributed by atoms with Crippen LogP contribution in [-0.4, -0.2) is 52.9 Å². The van der Waals surface area contributed by atoms with Crippen molar-refractivity contribution in [3.05, 3.63) is 48.0 Å². The van der Waals surface area contributed by atoms with Crippen LogP contribution >= 0.6 is 0 Å². The highest BCUT2D eigenvalue weighted by atomic mass is 16.6. The molecule has 1 rings (SSSR count). The molecular weight excluding hydrogens is 424 g/mol. The molecule has 9 heteroatoms. The maximum absolute atomic E-state index is 13.6. The zero-order valence-corrected chi connectivity index (χ0v) is 20.3. The van der Waals surface area contributed by atoms with Crippen LogP contribution in [0.5, 0.6) is 0 Å². The Morgan fingerprint density at radius 1 is 1.15 bits per heavy atom. The van der Waals surface area contributed by atoms with Crippen molar-refractivity contribution < 1.29 is 23.9 Å².